The zero-order valence-electron chi connectivity index (χ0n) is 9.28. The first kappa shape index (κ1) is 12.5. The van der Waals surface area contributed by atoms with Gasteiger partial charge in [0.05, 0.1) is 5.69 Å². The number of hydrogen-bond donors (Lipinski definition) is 1. The van der Waals surface area contributed by atoms with Crippen molar-refractivity contribution in [2.45, 2.75) is 13.2 Å². The van der Waals surface area contributed by atoms with E-state index in [0.717, 1.165) is 4.47 Å². The average molecular weight is 312 g/mol. The first-order valence-corrected chi connectivity index (χ1v) is 5.84. The second-order valence-corrected chi connectivity index (χ2v) is 4.34. The second-order valence-electron chi connectivity index (χ2n) is 3.43. The van der Waals surface area contributed by atoms with E-state index in [0.29, 0.717) is 5.69 Å². The molecular formula is C10H10BrN5O2. The van der Waals surface area contributed by atoms with Crippen molar-refractivity contribution in [3.05, 3.63) is 34.8 Å². The van der Waals surface area contributed by atoms with E-state index in [1.54, 1.807) is 12.3 Å². The van der Waals surface area contributed by atoms with E-state index in [2.05, 4.69) is 31.0 Å². The molecule has 94 valence electrons. The zero-order chi connectivity index (χ0) is 13.0. The quantitative estimate of drug-likeness (QED) is 0.837. The molecule has 8 heteroatoms. The Kier molecular flexibility index (Phi) is 3.88. The predicted molar refractivity (Wildman–Crippen MR) is 66.2 cm³/mol. The Bertz CT molecular complexity index is 539. The van der Waals surface area contributed by atoms with E-state index in [4.69, 9.17) is 10.5 Å². The van der Waals surface area contributed by atoms with Crippen LogP contribution >= 0.6 is 15.9 Å². The number of rotatable bonds is 4. The molecule has 0 saturated carbocycles. The molecule has 0 aliphatic carbocycles. The molecule has 2 heterocycles. The number of carbonyl (C=O) groups is 1. The summed E-state index contributed by atoms with van der Waals surface area (Å²) in [5, 5.41) is 3.78. The van der Waals surface area contributed by atoms with Crippen LogP contribution in [0.4, 0.5) is 5.95 Å². The molecule has 0 aliphatic rings. The summed E-state index contributed by atoms with van der Waals surface area (Å²) in [4.78, 5) is 19.3. The largest absolute Gasteiger partial charge is 0.458 e. The number of nitrogens with zero attached hydrogens (tertiary/aromatic N) is 4. The van der Waals surface area contributed by atoms with Crippen molar-refractivity contribution in [1.82, 2.24) is 19.7 Å². The SMILES string of the molecule is Nc1ncn(CC(=O)OCc2ccc(Br)cn2)n1. The van der Waals surface area contributed by atoms with Crippen molar-refractivity contribution >= 4 is 27.8 Å². The number of pyridine rings is 1. The Morgan fingerprint density at radius 2 is 2.28 bits per heavy atom. The molecule has 0 atom stereocenters. The van der Waals surface area contributed by atoms with E-state index in [1.807, 2.05) is 6.07 Å². The molecule has 18 heavy (non-hydrogen) atoms. The molecule has 2 aromatic rings. The Balaban J connectivity index is 1.83. The maximum Gasteiger partial charge on any atom is 0.328 e. The second kappa shape index (κ2) is 5.58. The van der Waals surface area contributed by atoms with Crippen molar-refractivity contribution in [3.63, 3.8) is 0 Å². The lowest BCUT2D eigenvalue weighted by Gasteiger charge is -2.04. The monoisotopic (exact) mass is 311 g/mol. The van der Waals surface area contributed by atoms with Crippen LogP contribution in [-0.2, 0) is 22.7 Å². The Hall–Kier alpha value is -1.96. The van der Waals surface area contributed by atoms with Gasteiger partial charge in [-0.2, -0.15) is 0 Å². The number of esters is 1. The predicted octanol–water partition coefficient (Wildman–Crippen LogP) is 0.761. The van der Waals surface area contributed by atoms with Crippen LogP contribution in [0.5, 0.6) is 0 Å². The third-order valence-corrected chi connectivity index (χ3v) is 2.48. The van der Waals surface area contributed by atoms with Crippen molar-refractivity contribution in [1.29, 1.82) is 0 Å². The molecule has 2 rings (SSSR count). The van der Waals surface area contributed by atoms with Gasteiger partial charge >= 0.3 is 5.97 Å². The summed E-state index contributed by atoms with van der Waals surface area (Å²) in [6, 6.07) is 3.60. The molecule has 0 unspecified atom stereocenters. The van der Waals surface area contributed by atoms with Crippen molar-refractivity contribution in [2.24, 2.45) is 0 Å². The topological polar surface area (TPSA) is 95.9 Å². The number of carbonyl (C=O) groups excluding carboxylic acids is 1. The third kappa shape index (κ3) is 3.52. The van der Waals surface area contributed by atoms with E-state index >= 15 is 0 Å². The van der Waals surface area contributed by atoms with Crippen LogP contribution in [0.1, 0.15) is 5.69 Å². The Labute approximate surface area is 111 Å². The Morgan fingerprint density at radius 1 is 1.44 bits per heavy atom. The first-order valence-electron chi connectivity index (χ1n) is 5.04. The summed E-state index contributed by atoms with van der Waals surface area (Å²) in [5.41, 5.74) is 5.99. The highest BCUT2D eigenvalue weighted by Gasteiger charge is 2.06. The number of halogens is 1. The fourth-order valence-corrected chi connectivity index (χ4v) is 1.44. The van der Waals surface area contributed by atoms with Gasteiger partial charge in [-0.1, -0.05) is 0 Å². The van der Waals surface area contributed by atoms with Crippen LogP contribution in [0.25, 0.3) is 0 Å². The van der Waals surface area contributed by atoms with Crippen LogP contribution in [0, 0.1) is 0 Å². The van der Waals surface area contributed by atoms with E-state index in [1.165, 1.54) is 11.0 Å². The van der Waals surface area contributed by atoms with Gasteiger partial charge < -0.3 is 10.5 Å². The normalized spacial score (nSPS) is 10.3. The molecule has 0 saturated heterocycles. The van der Waals surface area contributed by atoms with Crippen LogP contribution < -0.4 is 5.73 Å². The van der Waals surface area contributed by atoms with Gasteiger partial charge in [-0.15, -0.1) is 5.10 Å². The van der Waals surface area contributed by atoms with Crippen LogP contribution in [0.15, 0.2) is 29.1 Å². The van der Waals surface area contributed by atoms with Gasteiger partial charge in [0.25, 0.3) is 0 Å². The van der Waals surface area contributed by atoms with Crippen molar-refractivity contribution in [3.8, 4) is 0 Å². The maximum absolute atomic E-state index is 11.5. The highest BCUT2D eigenvalue weighted by atomic mass is 79.9. The minimum Gasteiger partial charge on any atom is -0.458 e. The molecule has 0 fully saturated rings. The summed E-state index contributed by atoms with van der Waals surface area (Å²) >= 11 is 3.27. The van der Waals surface area contributed by atoms with E-state index in [9.17, 15) is 4.79 Å². The van der Waals surface area contributed by atoms with Gasteiger partial charge in [-0.05, 0) is 28.1 Å². The van der Waals surface area contributed by atoms with Crippen LogP contribution in [0.2, 0.25) is 0 Å². The van der Waals surface area contributed by atoms with Gasteiger partial charge in [-0.25, -0.2) is 9.67 Å². The summed E-state index contributed by atoms with van der Waals surface area (Å²) < 4.78 is 7.22. The number of ether oxygens (including phenoxy) is 1. The lowest BCUT2D eigenvalue weighted by Crippen LogP contribution is -2.14. The summed E-state index contributed by atoms with van der Waals surface area (Å²) in [6.45, 7) is 0.0943. The summed E-state index contributed by atoms with van der Waals surface area (Å²) in [7, 11) is 0. The lowest BCUT2D eigenvalue weighted by atomic mass is 10.4. The van der Waals surface area contributed by atoms with Gasteiger partial charge in [0, 0.05) is 10.7 Å². The number of nitrogen functional groups attached to an aromatic ring is 1. The fraction of sp³-hybridized carbons (Fsp3) is 0.200. The summed E-state index contributed by atoms with van der Waals surface area (Å²) in [5.74, 6) is -0.304. The highest BCUT2D eigenvalue weighted by molar-refractivity contribution is 9.10. The molecule has 0 bridgehead atoms. The molecular weight excluding hydrogens is 302 g/mol. The molecule has 0 spiro atoms. The van der Waals surface area contributed by atoms with Crippen LogP contribution in [0.3, 0.4) is 0 Å². The Morgan fingerprint density at radius 3 is 2.89 bits per heavy atom. The van der Waals surface area contributed by atoms with Gasteiger partial charge in [0.2, 0.25) is 5.95 Å². The fourth-order valence-electron chi connectivity index (χ4n) is 1.21. The molecule has 2 aromatic heterocycles. The summed E-state index contributed by atoms with van der Waals surface area (Å²) in [6.07, 6.45) is 3.01. The smallest absolute Gasteiger partial charge is 0.328 e. The number of aromatic nitrogens is 4. The average Bonchev–Trinajstić information content (AvgIpc) is 2.74. The number of anilines is 1. The van der Waals surface area contributed by atoms with Gasteiger partial charge in [-0.3, -0.25) is 9.78 Å². The third-order valence-electron chi connectivity index (χ3n) is 2.01. The van der Waals surface area contributed by atoms with Crippen molar-refractivity contribution < 1.29 is 9.53 Å². The standard InChI is InChI=1S/C10H10BrN5O2/c11-7-1-2-8(13-3-7)5-18-9(17)4-16-6-14-10(12)15-16/h1-3,6H,4-5H2,(H2,12,15). The van der Waals surface area contributed by atoms with E-state index < -0.39 is 5.97 Å². The highest BCUT2D eigenvalue weighted by Crippen LogP contribution is 2.08. The molecule has 0 aromatic carbocycles. The maximum atomic E-state index is 11.5. The lowest BCUT2D eigenvalue weighted by molar-refractivity contribution is -0.146. The van der Waals surface area contributed by atoms with Crippen LogP contribution in [-0.4, -0.2) is 25.7 Å². The van der Waals surface area contributed by atoms with E-state index in [-0.39, 0.29) is 19.1 Å². The molecule has 2 N–H and O–H groups in total. The molecule has 0 aliphatic heterocycles. The zero-order valence-corrected chi connectivity index (χ0v) is 10.9. The van der Waals surface area contributed by atoms with Gasteiger partial charge in [0.1, 0.15) is 19.5 Å². The van der Waals surface area contributed by atoms with Gasteiger partial charge in [0.15, 0.2) is 0 Å². The first-order chi connectivity index (χ1) is 8.63. The molecule has 0 amide bonds. The number of hydrogen-bond acceptors (Lipinski definition) is 6. The molecule has 0 radical (unpaired) electrons. The van der Waals surface area contributed by atoms with Crippen molar-refractivity contribution in [2.75, 3.05) is 5.73 Å². The molecule has 7 nitrogen and oxygen atoms in total. The minimum atomic E-state index is -0.426. The minimum absolute atomic E-state index is 0.0271. The number of nitrogens with two attached hydrogens (primary N) is 1.